The van der Waals surface area contributed by atoms with E-state index in [0.29, 0.717) is 29.6 Å². The average Bonchev–Trinajstić information content (AvgIpc) is 3.27. The van der Waals surface area contributed by atoms with Gasteiger partial charge in [-0.2, -0.15) is 0 Å². The number of pyridine rings is 1. The third kappa shape index (κ3) is 4.12. The van der Waals surface area contributed by atoms with Crippen molar-refractivity contribution in [3.63, 3.8) is 0 Å². The number of H-pyrrole nitrogens is 1. The largest absolute Gasteiger partial charge is 0.346 e. The number of piperidine rings is 1. The Labute approximate surface area is 197 Å². The van der Waals surface area contributed by atoms with Gasteiger partial charge in [0, 0.05) is 43.2 Å². The molecule has 4 atom stereocenters. The van der Waals surface area contributed by atoms with E-state index in [4.69, 9.17) is 0 Å². The summed E-state index contributed by atoms with van der Waals surface area (Å²) in [5.41, 5.74) is 1.81. The molecule has 2 fully saturated rings. The van der Waals surface area contributed by atoms with E-state index in [1.807, 2.05) is 4.90 Å². The highest BCUT2D eigenvalue weighted by atomic mass is 19.1. The van der Waals surface area contributed by atoms with Crippen LogP contribution in [0.25, 0.3) is 11.0 Å². The van der Waals surface area contributed by atoms with Gasteiger partial charge in [0.15, 0.2) is 0 Å². The molecular formula is C27H29F2N3O2. The number of fused-ring (bicyclic) bond motifs is 2. The van der Waals surface area contributed by atoms with Crippen LogP contribution < -0.4 is 0 Å². The Bertz CT molecular complexity index is 1210. The maximum Gasteiger partial charge on any atom is 0.223 e. The molecule has 34 heavy (non-hydrogen) atoms. The van der Waals surface area contributed by atoms with Crippen LogP contribution in [0, 0.1) is 23.5 Å². The smallest absolute Gasteiger partial charge is 0.223 e. The van der Waals surface area contributed by atoms with Gasteiger partial charge in [-0.15, -0.1) is 0 Å². The van der Waals surface area contributed by atoms with Gasteiger partial charge in [0.25, 0.3) is 0 Å². The Morgan fingerprint density at radius 1 is 1.12 bits per heavy atom. The van der Waals surface area contributed by atoms with Crippen LogP contribution >= 0.6 is 0 Å². The predicted molar refractivity (Wildman–Crippen MR) is 125 cm³/mol. The lowest BCUT2D eigenvalue weighted by Crippen LogP contribution is -2.54. The lowest BCUT2D eigenvalue weighted by atomic mass is 9.70. The molecule has 0 spiro atoms. The number of hydrogen-bond acceptors (Lipinski definition) is 3. The molecule has 4 unspecified atom stereocenters. The third-order valence-electron chi connectivity index (χ3n) is 7.80. The maximum atomic E-state index is 14.8. The second kappa shape index (κ2) is 9.28. The molecule has 5 rings (SSSR count). The second-order valence-corrected chi connectivity index (χ2v) is 9.68. The quantitative estimate of drug-likeness (QED) is 0.552. The van der Waals surface area contributed by atoms with Gasteiger partial charge >= 0.3 is 0 Å². The SMILES string of the molecule is CC(=O)C1CCN(C(=O)CC(c2ccc(F)cc2)c2c[nH]c3nccc(F)c23)C2CCCCC12. The number of benzene rings is 1. The number of carbonyl (C=O) groups is 2. The lowest BCUT2D eigenvalue weighted by Gasteiger charge is -2.47. The third-order valence-corrected chi connectivity index (χ3v) is 7.80. The van der Waals surface area contributed by atoms with Crippen LogP contribution in [0.15, 0.2) is 42.7 Å². The van der Waals surface area contributed by atoms with Crippen LogP contribution in [-0.2, 0) is 9.59 Å². The van der Waals surface area contributed by atoms with Crippen molar-refractivity contribution in [2.24, 2.45) is 11.8 Å². The first-order chi connectivity index (χ1) is 16.4. The molecule has 1 aromatic carbocycles. The number of halogens is 2. The van der Waals surface area contributed by atoms with Crippen LogP contribution in [0.3, 0.4) is 0 Å². The number of ketones is 1. The minimum absolute atomic E-state index is 0.00752. The number of likely N-dealkylation sites (tertiary alicyclic amines) is 1. The van der Waals surface area contributed by atoms with Crippen molar-refractivity contribution in [1.29, 1.82) is 0 Å². The molecule has 1 saturated carbocycles. The van der Waals surface area contributed by atoms with E-state index < -0.39 is 11.7 Å². The van der Waals surface area contributed by atoms with Gasteiger partial charge in [0.1, 0.15) is 23.1 Å². The number of nitrogens with one attached hydrogen (secondary N) is 1. The molecule has 1 N–H and O–H groups in total. The highest BCUT2D eigenvalue weighted by molar-refractivity contribution is 5.85. The van der Waals surface area contributed by atoms with Gasteiger partial charge in [-0.3, -0.25) is 9.59 Å². The first kappa shape index (κ1) is 22.7. The summed E-state index contributed by atoms with van der Waals surface area (Å²) in [4.78, 5) is 35.2. The molecule has 1 saturated heterocycles. The summed E-state index contributed by atoms with van der Waals surface area (Å²) in [5.74, 6) is -0.777. The van der Waals surface area contributed by atoms with Crippen molar-refractivity contribution in [2.75, 3.05) is 6.54 Å². The van der Waals surface area contributed by atoms with Crippen LogP contribution in [0.1, 0.15) is 62.5 Å². The van der Waals surface area contributed by atoms with E-state index in [1.165, 1.54) is 24.4 Å². The fourth-order valence-electron chi connectivity index (χ4n) is 6.18. The first-order valence-electron chi connectivity index (χ1n) is 12.1. The zero-order chi connectivity index (χ0) is 23.8. The summed E-state index contributed by atoms with van der Waals surface area (Å²) in [6, 6.07) is 7.43. The molecule has 7 heteroatoms. The molecule has 178 valence electrons. The van der Waals surface area contributed by atoms with Crippen LogP contribution in [0.2, 0.25) is 0 Å². The topological polar surface area (TPSA) is 66.1 Å². The summed E-state index contributed by atoms with van der Waals surface area (Å²) in [7, 11) is 0. The Morgan fingerprint density at radius 3 is 2.65 bits per heavy atom. The summed E-state index contributed by atoms with van der Waals surface area (Å²) in [6.07, 6.45) is 7.96. The first-order valence-corrected chi connectivity index (χ1v) is 12.1. The molecule has 0 radical (unpaired) electrons. The van der Waals surface area contributed by atoms with Gasteiger partial charge < -0.3 is 9.88 Å². The summed E-state index contributed by atoms with van der Waals surface area (Å²) in [5, 5.41) is 0.357. The molecule has 2 aliphatic rings. The van der Waals surface area contributed by atoms with Crippen molar-refractivity contribution in [3.05, 3.63) is 65.5 Å². The Hall–Kier alpha value is -3.09. The summed E-state index contributed by atoms with van der Waals surface area (Å²) in [6.45, 7) is 2.22. The molecule has 0 bridgehead atoms. The second-order valence-electron chi connectivity index (χ2n) is 9.68. The normalized spacial score (nSPS) is 23.5. The van der Waals surface area contributed by atoms with Crippen LogP contribution in [0.4, 0.5) is 8.78 Å². The van der Waals surface area contributed by atoms with E-state index in [-0.39, 0.29) is 41.8 Å². The molecule has 3 aromatic rings. The van der Waals surface area contributed by atoms with Gasteiger partial charge in [-0.05, 0) is 61.4 Å². The van der Waals surface area contributed by atoms with E-state index in [1.54, 1.807) is 25.3 Å². The number of hydrogen-bond donors (Lipinski definition) is 1. The van der Waals surface area contributed by atoms with Crippen molar-refractivity contribution in [3.8, 4) is 0 Å². The van der Waals surface area contributed by atoms with Crippen molar-refractivity contribution >= 4 is 22.7 Å². The number of aromatic amines is 1. The Kier molecular flexibility index (Phi) is 6.19. The molecule has 2 aromatic heterocycles. The maximum absolute atomic E-state index is 14.8. The number of nitrogens with zero attached hydrogens (tertiary/aromatic N) is 2. The van der Waals surface area contributed by atoms with E-state index in [2.05, 4.69) is 9.97 Å². The monoisotopic (exact) mass is 465 g/mol. The minimum Gasteiger partial charge on any atom is -0.346 e. The van der Waals surface area contributed by atoms with E-state index in [0.717, 1.165) is 31.2 Å². The Balaban J connectivity index is 1.48. The van der Waals surface area contributed by atoms with E-state index >= 15 is 0 Å². The Morgan fingerprint density at radius 2 is 1.88 bits per heavy atom. The van der Waals surface area contributed by atoms with E-state index in [9.17, 15) is 18.4 Å². The number of amides is 1. The number of carbonyl (C=O) groups excluding carboxylic acids is 2. The zero-order valence-corrected chi connectivity index (χ0v) is 19.3. The number of rotatable bonds is 5. The fraction of sp³-hybridized carbons (Fsp3) is 0.444. The van der Waals surface area contributed by atoms with Gasteiger partial charge in [-0.1, -0.05) is 25.0 Å². The molecule has 1 aliphatic carbocycles. The highest BCUT2D eigenvalue weighted by Gasteiger charge is 2.43. The molecule has 1 amide bonds. The zero-order valence-electron chi connectivity index (χ0n) is 19.3. The van der Waals surface area contributed by atoms with Crippen molar-refractivity contribution in [2.45, 2.75) is 57.4 Å². The van der Waals surface area contributed by atoms with Crippen LogP contribution in [0.5, 0.6) is 0 Å². The highest BCUT2D eigenvalue weighted by Crippen LogP contribution is 2.41. The van der Waals surface area contributed by atoms with Gasteiger partial charge in [0.2, 0.25) is 5.91 Å². The minimum atomic E-state index is -0.451. The molecular weight excluding hydrogens is 436 g/mol. The summed E-state index contributed by atoms with van der Waals surface area (Å²) >= 11 is 0. The van der Waals surface area contributed by atoms with Crippen molar-refractivity contribution < 1.29 is 18.4 Å². The fourth-order valence-corrected chi connectivity index (χ4v) is 6.18. The summed E-state index contributed by atoms with van der Waals surface area (Å²) < 4.78 is 28.5. The van der Waals surface area contributed by atoms with Gasteiger partial charge in [-0.25, -0.2) is 13.8 Å². The predicted octanol–water partition coefficient (Wildman–Crippen LogP) is 5.36. The molecule has 5 nitrogen and oxygen atoms in total. The van der Waals surface area contributed by atoms with Crippen LogP contribution in [-0.4, -0.2) is 39.1 Å². The van der Waals surface area contributed by atoms with Gasteiger partial charge in [0.05, 0.1) is 5.39 Å². The molecule has 3 heterocycles. The average molecular weight is 466 g/mol. The lowest BCUT2D eigenvalue weighted by molar-refractivity contribution is -0.143. The molecule has 1 aliphatic heterocycles. The van der Waals surface area contributed by atoms with Crippen molar-refractivity contribution in [1.82, 2.24) is 14.9 Å². The number of Topliss-reactive ketones (excluding diaryl/α,β-unsaturated/α-hetero) is 1. The standard InChI is InChI=1S/C27H29F2N3O2/c1-16(33)19-11-13-32(24-5-3-2-4-20(19)24)25(34)14-21(17-6-8-18(28)9-7-17)22-15-31-27-26(22)23(29)10-12-30-27/h6-10,12,15,19-21,24H,2-5,11,13-14H2,1H3,(H,30,31). The number of aromatic nitrogens is 2.